The summed E-state index contributed by atoms with van der Waals surface area (Å²) >= 11 is 11.1. The zero-order chi connectivity index (χ0) is 22.4. The minimum absolute atomic E-state index is 0.227. The number of hydrogen-bond donors (Lipinski definition) is 2. The van der Waals surface area contributed by atoms with Crippen molar-refractivity contribution in [2.24, 2.45) is 5.92 Å². The molecule has 0 unspecified atom stereocenters. The summed E-state index contributed by atoms with van der Waals surface area (Å²) in [5, 5.41) is 6.48. The van der Waals surface area contributed by atoms with E-state index in [0.717, 1.165) is 37.6 Å². The van der Waals surface area contributed by atoms with Crippen LogP contribution < -0.4 is 15.5 Å². The summed E-state index contributed by atoms with van der Waals surface area (Å²) in [6, 6.07) is 14.5. The van der Waals surface area contributed by atoms with E-state index < -0.39 is 0 Å². The number of carbonyl (C=O) groups is 2. The Morgan fingerprint density at radius 3 is 2.19 bits per heavy atom. The molecule has 1 saturated heterocycles. The second kappa shape index (κ2) is 10.6. The van der Waals surface area contributed by atoms with Crippen molar-refractivity contribution in [3.05, 3.63) is 59.1 Å². The Labute approximate surface area is 193 Å². The molecule has 31 heavy (non-hydrogen) atoms. The van der Waals surface area contributed by atoms with Gasteiger partial charge in [-0.05, 0) is 66.7 Å². The van der Waals surface area contributed by atoms with E-state index in [1.54, 1.807) is 24.3 Å². The summed E-state index contributed by atoms with van der Waals surface area (Å²) in [6.45, 7) is 7.24. The van der Waals surface area contributed by atoms with E-state index in [1.165, 1.54) is 0 Å². The number of amides is 2. The van der Waals surface area contributed by atoms with Gasteiger partial charge in [0.25, 0.3) is 5.91 Å². The van der Waals surface area contributed by atoms with E-state index in [9.17, 15) is 9.59 Å². The average Bonchev–Trinajstić information content (AvgIpc) is 2.74. The third-order valence-corrected chi connectivity index (χ3v) is 5.50. The molecule has 1 aliphatic rings. The molecule has 1 fully saturated rings. The summed E-state index contributed by atoms with van der Waals surface area (Å²) < 4.78 is 0. The molecule has 1 heterocycles. The molecule has 164 valence electrons. The van der Waals surface area contributed by atoms with Gasteiger partial charge in [0.15, 0.2) is 5.11 Å². The summed E-state index contributed by atoms with van der Waals surface area (Å²) in [6.07, 6.45) is 0.606. The highest BCUT2D eigenvalue weighted by atomic mass is 35.5. The molecule has 8 heteroatoms. The lowest BCUT2D eigenvalue weighted by Crippen LogP contribution is -2.49. The predicted molar refractivity (Wildman–Crippen MR) is 130 cm³/mol. The van der Waals surface area contributed by atoms with Gasteiger partial charge in [-0.25, -0.2) is 0 Å². The summed E-state index contributed by atoms with van der Waals surface area (Å²) in [5.74, 6) is 0.326. The van der Waals surface area contributed by atoms with Crippen LogP contribution in [0.2, 0.25) is 5.02 Å². The number of piperazine rings is 1. The third-order valence-electron chi connectivity index (χ3n) is 5.04. The Morgan fingerprint density at radius 1 is 1.00 bits per heavy atom. The fourth-order valence-corrected chi connectivity index (χ4v) is 3.72. The summed E-state index contributed by atoms with van der Waals surface area (Å²) in [5.41, 5.74) is 2.36. The highest BCUT2D eigenvalue weighted by Gasteiger charge is 2.21. The maximum atomic E-state index is 12.2. The van der Waals surface area contributed by atoms with Crippen LogP contribution in [0.4, 0.5) is 11.4 Å². The lowest BCUT2D eigenvalue weighted by molar-refractivity contribution is -0.132. The van der Waals surface area contributed by atoms with Gasteiger partial charge < -0.3 is 15.1 Å². The van der Waals surface area contributed by atoms with Crippen molar-refractivity contribution in [1.82, 2.24) is 10.2 Å². The van der Waals surface area contributed by atoms with Crippen LogP contribution in [-0.4, -0.2) is 48.0 Å². The van der Waals surface area contributed by atoms with Gasteiger partial charge in [-0.2, -0.15) is 0 Å². The second-order valence-electron chi connectivity index (χ2n) is 7.93. The van der Waals surface area contributed by atoms with Gasteiger partial charge in [0.2, 0.25) is 5.91 Å². The fraction of sp³-hybridized carbons (Fsp3) is 0.348. The molecular formula is C23H27ClN4O2S. The quantitative estimate of drug-likeness (QED) is 0.658. The van der Waals surface area contributed by atoms with Gasteiger partial charge in [0.1, 0.15) is 0 Å². The molecule has 0 spiro atoms. The Balaban J connectivity index is 1.49. The number of nitrogens with one attached hydrogen (secondary N) is 2. The second-order valence-corrected chi connectivity index (χ2v) is 8.77. The van der Waals surface area contributed by atoms with E-state index in [1.807, 2.05) is 29.2 Å². The van der Waals surface area contributed by atoms with Crippen molar-refractivity contribution >= 4 is 52.1 Å². The molecule has 1 aliphatic heterocycles. The molecule has 2 N–H and O–H groups in total. The van der Waals surface area contributed by atoms with Crippen LogP contribution in [0.1, 0.15) is 30.6 Å². The third kappa shape index (κ3) is 6.67. The van der Waals surface area contributed by atoms with Crippen molar-refractivity contribution in [3.63, 3.8) is 0 Å². The van der Waals surface area contributed by atoms with Crippen molar-refractivity contribution in [3.8, 4) is 0 Å². The van der Waals surface area contributed by atoms with E-state index in [0.29, 0.717) is 22.9 Å². The molecule has 0 aromatic heterocycles. The minimum atomic E-state index is -0.296. The zero-order valence-corrected chi connectivity index (χ0v) is 19.3. The maximum absolute atomic E-state index is 12.2. The fourth-order valence-electron chi connectivity index (χ4n) is 3.39. The molecule has 0 atom stereocenters. The van der Waals surface area contributed by atoms with Crippen molar-refractivity contribution < 1.29 is 9.59 Å². The maximum Gasteiger partial charge on any atom is 0.257 e. The SMILES string of the molecule is CC(C)CC(=O)N1CCN(c2ccc(NC(=S)NC(=O)c3ccc(Cl)cc3)cc2)CC1. The van der Waals surface area contributed by atoms with E-state index in [-0.39, 0.29) is 16.9 Å². The first kappa shape index (κ1) is 23.0. The molecule has 0 bridgehead atoms. The van der Waals surface area contributed by atoms with Crippen LogP contribution in [0.3, 0.4) is 0 Å². The lowest BCUT2D eigenvalue weighted by Gasteiger charge is -2.36. The standard InChI is InChI=1S/C23H27ClN4O2S/c1-16(2)15-21(29)28-13-11-27(12-14-28)20-9-7-19(8-10-20)25-23(31)26-22(30)17-3-5-18(24)6-4-17/h3-10,16H,11-15H2,1-2H3,(H2,25,26,30,31). The van der Waals surface area contributed by atoms with Crippen LogP contribution >= 0.6 is 23.8 Å². The Morgan fingerprint density at radius 2 is 1.61 bits per heavy atom. The molecule has 0 radical (unpaired) electrons. The molecule has 3 rings (SSSR count). The molecule has 2 amide bonds. The van der Waals surface area contributed by atoms with Crippen molar-refractivity contribution in [1.29, 1.82) is 0 Å². The lowest BCUT2D eigenvalue weighted by atomic mass is 10.1. The number of rotatable bonds is 5. The van der Waals surface area contributed by atoms with Gasteiger partial charge in [-0.3, -0.25) is 14.9 Å². The van der Waals surface area contributed by atoms with Crippen LogP contribution in [-0.2, 0) is 4.79 Å². The Hall–Kier alpha value is -2.64. The first-order valence-electron chi connectivity index (χ1n) is 10.3. The largest absolute Gasteiger partial charge is 0.368 e. The van der Waals surface area contributed by atoms with E-state index >= 15 is 0 Å². The number of carbonyl (C=O) groups excluding carboxylic acids is 2. The van der Waals surface area contributed by atoms with E-state index in [2.05, 4.69) is 29.4 Å². The number of nitrogens with zero attached hydrogens (tertiary/aromatic N) is 2. The normalized spacial score (nSPS) is 13.8. The van der Waals surface area contributed by atoms with Crippen molar-refractivity contribution in [2.45, 2.75) is 20.3 Å². The highest BCUT2D eigenvalue weighted by molar-refractivity contribution is 7.80. The zero-order valence-electron chi connectivity index (χ0n) is 17.7. The predicted octanol–water partition coefficient (Wildman–Crippen LogP) is 4.16. The van der Waals surface area contributed by atoms with Gasteiger partial charge in [0, 0.05) is 54.6 Å². The molecule has 0 aliphatic carbocycles. The first-order chi connectivity index (χ1) is 14.8. The van der Waals surface area contributed by atoms with Crippen LogP contribution in [0.5, 0.6) is 0 Å². The van der Waals surface area contributed by atoms with Crippen LogP contribution in [0.15, 0.2) is 48.5 Å². The van der Waals surface area contributed by atoms with Crippen LogP contribution in [0, 0.1) is 5.92 Å². The molecular weight excluding hydrogens is 432 g/mol. The van der Waals surface area contributed by atoms with Crippen LogP contribution in [0.25, 0.3) is 0 Å². The number of anilines is 2. The smallest absolute Gasteiger partial charge is 0.257 e. The average molecular weight is 459 g/mol. The molecule has 2 aromatic rings. The molecule has 6 nitrogen and oxygen atoms in total. The summed E-state index contributed by atoms with van der Waals surface area (Å²) in [7, 11) is 0. The topological polar surface area (TPSA) is 64.7 Å². The number of halogens is 1. The number of hydrogen-bond acceptors (Lipinski definition) is 4. The Kier molecular flexibility index (Phi) is 7.87. The molecule has 0 saturated carbocycles. The van der Waals surface area contributed by atoms with Crippen molar-refractivity contribution in [2.75, 3.05) is 36.4 Å². The van der Waals surface area contributed by atoms with Gasteiger partial charge >= 0.3 is 0 Å². The highest BCUT2D eigenvalue weighted by Crippen LogP contribution is 2.20. The summed E-state index contributed by atoms with van der Waals surface area (Å²) in [4.78, 5) is 28.7. The number of benzene rings is 2. The minimum Gasteiger partial charge on any atom is -0.368 e. The first-order valence-corrected chi connectivity index (χ1v) is 11.1. The van der Waals surface area contributed by atoms with Gasteiger partial charge in [-0.15, -0.1) is 0 Å². The number of thiocarbonyl (C=S) groups is 1. The molecule has 2 aromatic carbocycles. The van der Waals surface area contributed by atoms with Gasteiger partial charge in [-0.1, -0.05) is 25.4 Å². The Bertz CT molecular complexity index is 924. The monoisotopic (exact) mass is 458 g/mol. The van der Waals surface area contributed by atoms with E-state index in [4.69, 9.17) is 23.8 Å². The van der Waals surface area contributed by atoms with Gasteiger partial charge in [0.05, 0.1) is 0 Å².